The van der Waals surface area contributed by atoms with Gasteiger partial charge in [-0.2, -0.15) is 8.42 Å². The van der Waals surface area contributed by atoms with Gasteiger partial charge in [0.1, 0.15) is 18.3 Å². The molecule has 232 valence electrons. The van der Waals surface area contributed by atoms with E-state index in [4.69, 9.17) is 8.92 Å². The fraction of sp³-hybridized carbons (Fsp3) is 0.781. The van der Waals surface area contributed by atoms with Crippen LogP contribution < -0.4 is 0 Å². The zero-order valence-corrected chi connectivity index (χ0v) is 26.6. The Labute approximate surface area is 246 Å². The van der Waals surface area contributed by atoms with Crippen LogP contribution in [0.15, 0.2) is 34.9 Å². The third-order valence-corrected chi connectivity index (χ3v) is 11.6. The van der Waals surface area contributed by atoms with Gasteiger partial charge in [-0.3, -0.25) is 9.35 Å². The molecule has 0 aromatic rings. The van der Waals surface area contributed by atoms with E-state index in [0.29, 0.717) is 18.8 Å². The van der Waals surface area contributed by atoms with Crippen LogP contribution in [0.1, 0.15) is 99.8 Å². The highest BCUT2D eigenvalue weighted by Crippen LogP contribution is 2.66. The molecule has 0 bridgehead atoms. The van der Waals surface area contributed by atoms with E-state index in [1.807, 2.05) is 20.8 Å². The second kappa shape index (κ2) is 11.2. The number of carbonyl (C=O) groups excluding carboxylic acids is 1. The van der Waals surface area contributed by atoms with E-state index < -0.39 is 57.0 Å². The van der Waals surface area contributed by atoms with Crippen LogP contribution >= 0.6 is 0 Å². The predicted octanol–water partition coefficient (Wildman–Crippen LogP) is 5.71. The first-order valence-electron chi connectivity index (χ1n) is 15.2. The molecule has 1 saturated carbocycles. The summed E-state index contributed by atoms with van der Waals surface area (Å²) in [5, 5.41) is 23.5. The molecule has 0 radical (unpaired) electrons. The fourth-order valence-electron chi connectivity index (χ4n) is 9.23. The Hall–Kier alpha value is -1.52. The maximum atomic E-state index is 12.5. The van der Waals surface area contributed by atoms with Gasteiger partial charge in [0.15, 0.2) is 0 Å². The van der Waals surface area contributed by atoms with Gasteiger partial charge in [-0.05, 0) is 96.7 Å². The number of ether oxygens (including phenoxy) is 1. The Bertz CT molecular complexity index is 1230. The van der Waals surface area contributed by atoms with E-state index in [1.165, 1.54) is 12.5 Å². The van der Waals surface area contributed by atoms with Crippen molar-refractivity contribution in [3.8, 4) is 0 Å². The average molecular weight is 595 g/mol. The lowest BCUT2D eigenvalue weighted by atomic mass is 9.44. The van der Waals surface area contributed by atoms with Crippen molar-refractivity contribution in [3.05, 3.63) is 34.9 Å². The summed E-state index contributed by atoms with van der Waals surface area (Å²) in [6.45, 7) is 17.8. The van der Waals surface area contributed by atoms with E-state index in [0.717, 1.165) is 48.8 Å². The van der Waals surface area contributed by atoms with Crippen LogP contribution in [-0.4, -0.2) is 53.6 Å². The zero-order chi connectivity index (χ0) is 30.7. The van der Waals surface area contributed by atoms with Crippen molar-refractivity contribution in [3.63, 3.8) is 0 Å². The second-order valence-electron chi connectivity index (χ2n) is 14.3. The molecule has 41 heavy (non-hydrogen) atoms. The second-order valence-corrected chi connectivity index (χ2v) is 15.3. The van der Waals surface area contributed by atoms with Crippen molar-refractivity contribution in [2.45, 2.75) is 124 Å². The van der Waals surface area contributed by atoms with Gasteiger partial charge >= 0.3 is 16.4 Å². The summed E-state index contributed by atoms with van der Waals surface area (Å²) >= 11 is 0. The fourth-order valence-corrected chi connectivity index (χ4v) is 9.86. The lowest BCUT2D eigenvalue weighted by Crippen LogP contribution is -2.63. The molecule has 0 aromatic heterocycles. The van der Waals surface area contributed by atoms with Crippen LogP contribution in [-0.2, 0) is 24.1 Å². The normalized spacial score (nSPS) is 38.5. The Morgan fingerprint density at radius 1 is 1.15 bits per heavy atom. The van der Waals surface area contributed by atoms with Gasteiger partial charge in [0, 0.05) is 12.3 Å². The summed E-state index contributed by atoms with van der Waals surface area (Å²) in [4.78, 5) is 12.5. The summed E-state index contributed by atoms with van der Waals surface area (Å²) in [7, 11) is -4.78. The van der Waals surface area contributed by atoms with Crippen molar-refractivity contribution in [2.24, 2.45) is 34.0 Å². The molecule has 0 saturated heterocycles. The largest absolute Gasteiger partial charge is 0.458 e. The lowest BCUT2D eigenvalue weighted by Gasteiger charge is -2.63. The number of aliphatic hydroxyl groups excluding tert-OH is 2. The van der Waals surface area contributed by atoms with Crippen molar-refractivity contribution >= 4 is 16.4 Å². The molecule has 0 amide bonds. The lowest BCUT2D eigenvalue weighted by molar-refractivity contribution is -0.174. The van der Waals surface area contributed by atoms with Crippen LogP contribution in [0.4, 0.5) is 0 Å². The number of hydrogen-bond donors (Lipinski definition) is 3. The van der Waals surface area contributed by atoms with E-state index in [-0.39, 0.29) is 18.3 Å². The number of esters is 1. The molecule has 0 aromatic carbocycles. The molecule has 4 aliphatic rings. The number of rotatable bonds is 8. The quantitative estimate of drug-likeness (QED) is 0.185. The average Bonchev–Trinajstić information content (AvgIpc) is 2.83. The molecular formula is C32H50O8S. The predicted molar refractivity (Wildman–Crippen MR) is 157 cm³/mol. The third kappa shape index (κ3) is 5.62. The summed E-state index contributed by atoms with van der Waals surface area (Å²) < 4.78 is 43.9. The topological polar surface area (TPSA) is 130 Å². The van der Waals surface area contributed by atoms with Gasteiger partial charge in [-0.25, -0.2) is 4.18 Å². The molecule has 0 spiro atoms. The zero-order valence-electron chi connectivity index (χ0n) is 25.8. The Kier molecular flexibility index (Phi) is 8.85. The monoisotopic (exact) mass is 594 g/mol. The Morgan fingerprint density at radius 3 is 2.39 bits per heavy atom. The number of aliphatic hydroxyl groups is 2. The molecule has 3 unspecified atom stereocenters. The van der Waals surface area contributed by atoms with E-state index in [2.05, 4.69) is 33.4 Å². The van der Waals surface area contributed by atoms with E-state index in [9.17, 15) is 28.0 Å². The Balaban J connectivity index is 1.78. The van der Waals surface area contributed by atoms with Crippen LogP contribution in [0.25, 0.3) is 0 Å². The SMILES string of the molecule is C=C(CCCC1CCC=C2C3=C([C@@H](O)[C@H](OC(C)=O)[C@@]21C)[C@@]1(C)C[C@@H](O)C(OS(=O)(=O)O)C(C)(C)C1CC3)C(C)C. The standard InChI is InChI=1S/C32H50O8S/c1-18(2)19(3)11-9-12-21-13-10-14-23-22-15-16-25-30(5,6)28(40-41(36,37)38)24(34)17-31(25,7)26(22)27(35)29(32(21,23)8)39-20(4)33/h14,18,21,24-25,27-29,34-35H,3,9-13,15-17H2,1-2,4-8H3,(H,36,37,38)/t21?,24-,25?,27-,28?,29+,31+,32-/m1/s1. The summed E-state index contributed by atoms with van der Waals surface area (Å²) in [6, 6.07) is 0. The molecule has 8 nitrogen and oxygen atoms in total. The van der Waals surface area contributed by atoms with Crippen LogP contribution in [0.5, 0.6) is 0 Å². The summed E-state index contributed by atoms with van der Waals surface area (Å²) in [5.41, 5.74) is 2.13. The van der Waals surface area contributed by atoms with Crippen LogP contribution in [0, 0.1) is 34.0 Å². The molecule has 3 N–H and O–H groups in total. The maximum Gasteiger partial charge on any atom is 0.397 e. The van der Waals surface area contributed by atoms with Crippen LogP contribution in [0.3, 0.4) is 0 Å². The third-order valence-electron chi connectivity index (χ3n) is 11.2. The Morgan fingerprint density at radius 2 is 1.80 bits per heavy atom. The maximum absolute atomic E-state index is 12.5. The smallest absolute Gasteiger partial charge is 0.397 e. The van der Waals surface area contributed by atoms with Gasteiger partial charge in [0.05, 0.1) is 6.10 Å². The van der Waals surface area contributed by atoms with Gasteiger partial charge in [-0.1, -0.05) is 59.8 Å². The molecular weight excluding hydrogens is 544 g/mol. The minimum absolute atomic E-state index is 0.148. The molecule has 8 atom stereocenters. The molecule has 9 heteroatoms. The number of hydrogen-bond acceptors (Lipinski definition) is 7. The summed E-state index contributed by atoms with van der Waals surface area (Å²) in [6.07, 6.45) is 4.31. The highest BCUT2D eigenvalue weighted by molar-refractivity contribution is 7.80. The first kappa shape index (κ1) is 32.4. The van der Waals surface area contributed by atoms with Crippen molar-refractivity contribution in [1.82, 2.24) is 0 Å². The molecule has 0 aliphatic heterocycles. The summed E-state index contributed by atoms with van der Waals surface area (Å²) in [5.74, 6) is 0.0307. The number of allylic oxidation sites excluding steroid dienone is 3. The molecule has 4 aliphatic carbocycles. The first-order chi connectivity index (χ1) is 18.9. The highest BCUT2D eigenvalue weighted by Gasteiger charge is 2.64. The minimum Gasteiger partial charge on any atom is -0.458 e. The molecule has 1 fully saturated rings. The molecule has 0 heterocycles. The van der Waals surface area contributed by atoms with E-state index >= 15 is 0 Å². The molecule has 4 rings (SSSR count). The van der Waals surface area contributed by atoms with E-state index in [1.54, 1.807) is 0 Å². The van der Waals surface area contributed by atoms with Gasteiger partial charge in [-0.15, -0.1) is 0 Å². The number of fused-ring (bicyclic) bond motifs is 4. The van der Waals surface area contributed by atoms with Crippen molar-refractivity contribution in [1.29, 1.82) is 0 Å². The highest BCUT2D eigenvalue weighted by atomic mass is 32.3. The first-order valence-corrected chi connectivity index (χ1v) is 16.5. The van der Waals surface area contributed by atoms with Gasteiger partial charge in [0.2, 0.25) is 0 Å². The minimum atomic E-state index is -4.78. The van der Waals surface area contributed by atoms with Crippen molar-refractivity contribution < 1.29 is 36.9 Å². The van der Waals surface area contributed by atoms with Gasteiger partial charge in [0.25, 0.3) is 0 Å². The number of carbonyl (C=O) groups is 1. The van der Waals surface area contributed by atoms with Gasteiger partial charge < -0.3 is 14.9 Å². The van der Waals surface area contributed by atoms with Crippen molar-refractivity contribution in [2.75, 3.05) is 0 Å². The van der Waals surface area contributed by atoms with Crippen LogP contribution in [0.2, 0.25) is 0 Å².